The van der Waals surface area contributed by atoms with E-state index in [1.807, 2.05) is 71.9 Å². The molecule has 4 N–H and O–H groups in total. The number of carbonyl (C=O) groups excluding carboxylic acids is 3. The third-order valence-corrected chi connectivity index (χ3v) is 8.96. The molecule has 0 spiro atoms. The molecule has 3 amide bonds. The van der Waals surface area contributed by atoms with E-state index in [1.165, 1.54) is 19.1 Å². The van der Waals surface area contributed by atoms with Crippen LogP contribution in [0.5, 0.6) is 0 Å². The maximum atomic E-state index is 13.9. The lowest BCUT2D eigenvalue weighted by Gasteiger charge is -2.47. The fraction of sp³-hybridized carbons (Fsp3) is 0.629. The third-order valence-electron chi connectivity index (χ3n) is 8.96. The number of hydrogen-bond donors (Lipinski definition) is 4. The molecule has 3 unspecified atom stereocenters. The first kappa shape index (κ1) is 33.7. The van der Waals surface area contributed by atoms with E-state index in [2.05, 4.69) is 20.9 Å². The highest BCUT2D eigenvalue weighted by Gasteiger charge is 2.42. The van der Waals surface area contributed by atoms with Crippen molar-refractivity contribution >= 4 is 17.7 Å². The average Bonchev–Trinajstić information content (AvgIpc) is 3.49. The smallest absolute Gasteiger partial charge is 0.287 e. The summed E-state index contributed by atoms with van der Waals surface area (Å²) in [5.74, 6) is 0.264. The van der Waals surface area contributed by atoms with Crippen LogP contribution >= 0.6 is 0 Å². The van der Waals surface area contributed by atoms with Gasteiger partial charge in [-0.2, -0.15) is 0 Å². The molecule has 1 aromatic heterocycles. The molecule has 9 nitrogen and oxygen atoms in total. The second kappa shape index (κ2) is 14.3. The fourth-order valence-electron chi connectivity index (χ4n) is 6.70. The van der Waals surface area contributed by atoms with Gasteiger partial charge in [0.1, 0.15) is 6.04 Å². The minimum Gasteiger partial charge on any atom is -0.459 e. The minimum absolute atomic E-state index is 0.00852. The van der Waals surface area contributed by atoms with E-state index >= 15 is 0 Å². The van der Waals surface area contributed by atoms with Gasteiger partial charge in [-0.15, -0.1) is 0 Å². The molecular formula is C35H52N4O5. The maximum Gasteiger partial charge on any atom is 0.287 e. The second-order valence-corrected chi connectivity index (χ2v) is 14.9. The molecule has 242 valence electrons. The van der Waals surface area contributed by atoms with Crippen molar-refractivity contribution in [2.75, 3.05) is 13.1 Å². The van der Waals surface area contributed by atoms with Crippen LogP contribution in [-0.4, -0.2) is 70.6 Å². The highest BCUT2D eigenvalue weighted by Crippen LogP contribution is 2.39. The van der Waals surface area contributed by atoms with Crippen molar-refractivity contribution in [1.29, 1.82) is 0 Å². The van der Waals surface area contributed by atoms with Gasteiger partial charge in [0, 0.05) is 18.6 Å². The summed E-state index contributed by atoms with van der Waals surface area (Å²) in [6.07, 6.45) is 6.32. The lowest BCUT2D eigenvalue weighted by molar-refractivity contribution is -0.133. The van der Waals surface area contributed by atoms with Gasteiger partial charge < -0.3 is 25.5 Å². The predicted molar refractivity (Wildman–Crippen MR) is 171 cm³/mol. The van der Waals surface area contributed by atoms with Crippen LogP contribution < -0.4 is 16.0 Å². The van der Waals surface area contributed by atoms with Gasteiger partial charge in [-0.25, -0.2) is 0 Å². The van der Waals surface area contributed by atoms with Gasteiger partial charge in [-0.3, -0.25) is 19.3 Å². The maximum absolute atomic E-state index is 13.9. The number of β-amino-alcohol motifs (C(OH)–C–C–N with tert-alkyl or cyclic N) is 1. The molecule has 1 aliphatic heterocycles. The number of rotatable bonds is 10. The van der Waals surface area contributed by atoms with Gasteiger partial charge in [0.15, 0.2) is 5.76 Å². The summed E-state index contributed by atoms with van der Waals surface area (Å²) in [5.41, 5.74) is -0.0127. The molecule has 1 aliphatic carbocycles. The molecule has 44 heavy (non-hydrogen) atoms. The standard InChI is InChI=1S/C35H52N4O5/c1-34(2,3)30(37-32(42)29-17-12-18-44-29)33(43)36-26(19-23-13-8-7-9-14-23)28(40)22-39-21-25-16-11-10-15-24(25)20-27(39)31(41)38-35(4,5)6/h7-9,12-14,17-18,24-28,30,40H,10-11,15-16,19-22H2,1-6H3,(H,36,43)(H,37,42)(H,38,41)/t24?,25?,26?,27-,28+,30+/m0/s1. The van der Waals surface area contributed by atoms with Crippen LogP contribution in [0.2, 0.25) is 0 Å². The minimum atomic E-state index is -0.953. The summed E-state index contributed by atoms with van der Waals surface area (Å²) in [5, 5.41) is 20.9. The second-order valence-electron chi connectivity index (χ2n) is 14.9. The van der Waals surface area contributed by atoms with E-state index in [0.717, 1.165) is 31.4 Å². The summed E-state index contributed by atoms with van der Waals surface area (Å²) in [4.78, 5) is 42.4. The Balaban J connectivity index is 1.56. The number of nitrogens with one attached hydrogen (secondary N) is 3. The van der Waals surface area contributed by atoms with Crippen LogP contribution in [0, 0.1) is 17.3 Å². The summed E-state index contributed by atoms with van der Waals surface area (Å²) in [6.45, 7) is 12.6. The van der Waals surface area contributed by atoms with Gasteiger partial charge in [-0.1, -0.05) is 70.4 Å². The summed E-state index contributed by atoms with van der Waals surface area (Å²) < 4.78 is 5.25. The van der Waals surface area contributed by atoms with E-state index in [-0.39, 0.29) is 35.7 Å². The van der Waals surface area contributed by atoms with Crippen LogP contribution in [0.4, 0.5) is 0 Å². The van der Waals surface area contributed by atoms with E-state index in [0.29, 0.717) is 18.3 Å². The first-order chi connectivity index (χ1) is 20.7. The number of nitrogens with zero attached hydrogens (tertiary/aromatic N) is 1. The number of furan rings is 1. The molecule has 2 fully saturated rings. The number of amides is 3. The van der Waals surface area contributed by atoms with Crippen molar-refractivity contribution in [2.24, 2.45) is 17.3 Å². The Morgan fingerprint density at radius 2 is 1.64 bits per heavy atom. The summed E-state index contributed by atoms with van der Waals surface area (Å²) >= 11 is 0. The topological polar surface area (TPSA) is 124 Å². The number of piperidine rings is 1. The van der Waals surface area contributed by atoms with Crippen molar-refractivity contribution in [3.05, 3.63) is 60.1 Å². The normalized spacial score (nSPS) is 23.1. The van der Waals surface area contributed by atoms with Crippen LogP contribution in [0.1, 0.15) is 89.8 Å². The lowest BCUT2D eigenvalue weighted by Crippen LogP contribution is -2.61. The molecule has 2 aromatic rings. The Bertz CT molecular complexity index is 1230. The predicted octanol–water partition coefficient (Wildman–Crippen LogP) is 4.31. The van der Waals surface area contributed by atoms with Gasteiger partial charge in [0.05, 0.1) is 24.5 Å². The first-order valence-corrected chi connectivity index (χ1v) is 16.1. The molecule has 1 aromatic carbocycles. The molecule has 0 radical (unpaired) electrons. The SMILES string of the molecule is CC(C)(C)NC(=O)[C@@H]1CC2CCCCC2CN1C[C@@H](O)C(Cc1ccccc1)NC(=O)[C@@H](NC(=O)c1ccco1)C(C)(C)C. The Hall–Kier alpha value is -3.17. The molecule has 4 rings (SSSR count). The van der Waals surface area contributed by atoms with Crippen molar-refractivity contribution in [3.63, 3.8) is 0 Å². The van der Waals surface area contributed by atoms with E-state index in [9.17, 15) is 19.5 Å². The molecule has 2 aliphatic rings. The number of fused-ring (bicyclic) bond motifs is 1. The third kappa shape index (κ3) is 9.17. The quantitative estimate of drug-likeness (QED) is 0.319. The number of aliphatic hydroxyl groups excluding tert-OH is 1. The van der Waals surface area contributed by atoms with Gasteiger partial charge in [-0.05, 0) is 75.0 Å². The Kier molecular flexibility index (Phi) is 10.9. The number of carbonyl (C=O) groups is 3. The zero-order valence-corrected chi connectivity index (χ0v) is 27.3. The Labute approximate surface area is 262 Å². The number of benzene rings is 1. The van der Waals surface area contributed by atoms with E-state index in [4.69, 9.17) is 4.42 Å². The molecule has 0 bridgehead atoms. The monoisotopic (exact) mass is 608 g/mol. The molecule has 1 saturated carbocycles. The summed E-state index contributed by atoms with van der Waals surface area (Å²) in [7, 11) is 0. The van der Waals surface area contributed by atoms with Crippen molar-refractivity contribution in [3.8, 4) is 0 Å². The number of likely N-dealkylation sites (tertiary alicyclic amines) is 1. The molecule has 1 saturated heterocycles. The van der Waals surface area contributed by atoms with Crippen LogP contribution in [0.3, 0.4) is 0 Å². The van der Waals surface area contributed by atoms with Crippen LogP contribution in [-0.2, 0) is 16.0 Å². The van der Waals surface area contributed by atoms with E-state index < -0.39 is 29.5 Å². The van der Waals surface area contributed by atoms with Crippen molar-refractivity contribution in [2.45, 2.75) is 110 Å². The van der Waals surface area contributed by atoms with Crippen LogP contribution in [0.15, 0.2) is 53.1 Å². The molecular weight excluding hydrogens is 556 g/mol. The van der Waals surface area contributed by atoms with Crippen LogP contribution in [0.25, 0.3) is 0 Å². The first-order valence-electron chi connectivity index (χ1n) is 16.1. The highest BCUT2D eigenvalue weighted by atomic mass is 16.3. The average molecular weight is 609 g/mol. The van der Waals surface area contributed by atoms with Gasteiger partial charge in [0.2, 0.25) is 11.8 Å². The highest BCUT2D eigenvalue weighted by molar-refractivity contribution is 5.95. The van der Waals surface area contributed by atoms with Crippen molar-refractivity contribution < 1.29 is 23.9 Å². The van der Waals surface area contributed by atoms with E-state index in [1.54, 1.807) is 12.1 Å². The molecule has 9 heteroatoms. The largest absolute Gasteiger partial charge is 0.459 e. The number of hydrogen-bond acceptors (Lipinski definition) is 6. The number of aliphatic hydroxyl groups is 1. The van der Waals surface area contributed by atoms with Gasteiger partial charge >= 0.3 is 0 Å². The Morgan fingerprint density at radius 1 is 0.955 bits per heavy atom. The molecule has 2 heterocycles. The fourth-order valence-corrected chi connectivity index (χ4v) is 6.70. The van der Waals surface area contributed by atoms with Gasteiger partial charge in [0.25, 0.3) is 5.91 Å². The molecule has 6 atom stereocenters. The zero-order valence-electron chi connectivity index (χ0n) is 27.3. The van der Waals surface area contributed by atoms with Crippen molar-refractivity contribution in [1.82, 2.24) is 20.9 Å². The lowest BCUT2D eigenvalue weighted by atomic mass is 9.72. The Morgan fingerprint density at radius 3 is 2.25 bits per heavy atom. The zero-order chi connectivity index (χ0) is 32.1. The summed E-state index contributed by atoms with van der Waals surface area (Å²) in [6, 6.07) is 11.0.